The van der Waals surface area contributed by atoms with Crippen LogP contribution < -0.4 is 21.7 Å². The van der Waals surface area contributed by atoms with Crippen molar-refractivity contribution in [1.29, 1.82) is 0 Å². The molecule has 59 heavy (non-hydrogen) atoms. The molecule has 0 radical (unpaired) electrons. The maximum Gasteiger partial charge on any atom is 0.259 e. The molecule has 7 rings (SSSR count). The van der Waals surface area contributed by atoms with Crippen molar-refractivity contribution in [3.05, 3.63) is 5.56 Å². The van der Waals surface area contributed by atoms with Crippen LogP contribution >= 0.6 is 0 Å². The number of rotatable bonds is 7. The maximum atomic E-state index is 16.6. The molecule has 1 aromatic heterocycles. The van der Waals surface area contributed by atoms with Crippen LogP contribution in [0.3, 0.4) is 0 Å². The number of piperazine rings is 1. The quantitative estimate of drug-likeness (QED) is 0.225. The van der Waals surface area contributed by atoms with Crippen molar-refractivity contribution in [3.63, 3.8) is 0 Å². The molecule has 1 amide bonds. The van der Waals surface area contributed by atoms with E-state index in [1.54, 1.807) is 8.99 Å². The van der Waals surface area contributed by atoms with Gasteiger partial charge in [-0.1, -0.05) is 109 Å². The number of fused-ring (bicyclic) bond motifs is 1. The number of carbonyl (C=O) groups excluding carboxylic acids is 1. The molecule has 6 aliphatic rings. The number of alkyl halides is 2. The van der Waals surface area contributed by atoms with Gasteiger partial charge in [-0.25, -0.2) is 21.9 Å². The minimum atomic E-state index is -3.50. The highest BCUT2D eigenvalue weighted by Crippen LogP contribution is 2.41. The zero-order chi connectivity index (χ0) is 41.2. The number of amides is 1. The van der Waals surface area contributed by atoms with Gasteiger partial charge in [-0.15, -0.1) is 0 Å². The summed E-state index contributed by atoms with van der Waals surface area (Å²) in [4.78, 5) is 16.9. The highest BCUT2D eigenvalue weighted by atomic mass is 32.2. The predicted molar refractivity (Wildman–Crippen MR) is 231 cm³/mol. The molecule has 12 nitrogen and oxygen atoms in total. The van der Waals surface area contributed by atoms with Crippen molar-refractivity contribution in [2.24, 2.45) is 11.8 Å². The Bertz CT molecular complexity index is 1550. The molecule has 5 N–H and O–H groups in total. The molecular weight excluding hydrogens is 775 g/mol. The van der Waals surface area contributed by atoms with E-state index >= 15 is 8.78 Å². The van der Waals surface area contributed by atoms with E-state index in [1.165, 1.54) is 70.6 Å². The summed E-state index contributed by atoms with van der Waals surface area (Å²) in [5, 5.41) is 14.4. The van der Waals surface area contributed by atoms with E-state index in [1.807, 2.05) is 0 Å². The fourth-order valence-electron chi connectivity index (χ4n) is 11.6. The van der Waals surface area contributed by atoms with Crippen molar-refractivity contribution in [1.82, 2.24) is 29.6 Å². The van der Waals surface area contributed by atoms with E-state index in [4.69, 9.17) is 15.6 Å². The Kier molecular flexibility index (Phi) is 16.6. The molecule has 15 heteroatoms. The standard InChI is InChI=1S/C44H76F2N8O4S/c45-35-31-49-43-37(42(47)51-54(43)40(35)33-20-16-12-6-3-1-2-4-7-13-17-21-33)44(55)50-39-38(32-18-14-10-8-5-9-11-15-19-32)48-30-36(46)41(39)52-24-26-53(27-25-52)59(56,57)34-22-28-58-29-23-34/h32-36,38-41,48-49H,1-31H2,(H2,47,51)(H,50,55). The van der Waals surface area contributed by atoms with E-state index in [2.05, 4.69) is 20.9 Å². The Balaban J connectivity index is 1.14. The minimum absolute atomic E-state index is 0.0630. The third-order valence-corrected chi connectivity index (χ3v) is 17.3. The number of ether oxygens (including phenoxy) is 1. The second-order valence-corrected chi connectivity index (χ2v) is 21.1. The van der Waals surface area contributed by atoms with Crippen LogP contribution in [0, 0.1) is 11.8 Å². The SMILES string of the molecule is Nc1nn2c(c1C(=O)NC1C(C3CCCCCCCCC3)NCC(F)C1N1CCN(S(=O)(=O)C3CCOCC3)CC1)NCC(F)C2C1CCCCCCCCCCCC1. The van der Waals surface area contributed by atoms with E-state index in [-0.39, 0.29) is 55.4 Å². The van der Waals surface area contributed by atoms with Gasteiger partial charge in [0.05, 0.1) is 23.4 Å². The molecule has 336 valence electrons. The molecule has 6 unspecified atom stereocenters. The molecule has 1 aromatic rings. The van der Waals surface area contributed by atoms with Crippen molar-refractivity contribution < 1.29 is 26.7 Å². The summed E-state index contributed by atoms with van der Waals surface area (Å²) in [7, 11) is -3.50. The molecule has 5 fully saturated rings. The molecule has 2 saturated carbocycles. The molecule has 0 bridgehead atoms. The number of sulfonamides is 1. The third kappa shape index (κ3) is 11.1. The molecule has 0 aromatic carbocycles. The summed E-state index contributed by atoms with van der Waals surface area (Å²) in [6.07, 6.45) is 22.6. The number of nitrogens with one attached hydrogen (secondary N) is 3. The van der Waals surface area contributed by atoms with Gasteiger partial charge >= 0.3 is 0 Å². The topological polar surface area (TPSA) is 147 Å². The molecule has 2 aliphatic carbocycles. The fourth-order valence-corrected chi connectivity index (χ4v) is 13.5. The second kappa shape index (κ2) is 21.8. The first-order chi connectivity index (χ1) is 28.7. The van der Waals surface area contributed by atoms with Crippen LogP contribution in [0.1, 0.15) is 164 Å². The lowest BCUT2D eigenvalue weighted by Crippen LogP contribution is -2.72. The van der Waals surface area contributed by atoms with E-state index in [9.17, 15) is 13.2 Å². The van der Waals surface area contributed by atoms with Crippen LogP contribution in [-0.4, -0.2) is 122 Å². The number of nitrogens with zero attached hydrogens (tertiary/aromatic N) is 4. The van der Waals surface area contributed by atoms with Gasteiger partial charge < -0.3 is 26.4 Å². The number of anilines is 2. The Morgan fingerprint density at radius 3 is 1.76 bits per heavy atom. The molecule has 4 aliphatic heterocycles. The summed E-state index contributed by atoms with van der Waals surface area (Å²) < 4.78 is 68.8. The highest BCUT2D eigenvalue weighted by molar-refractivity contribution is 7.89. The lowest BCUT2D eigenvalue weighted by molar-refractivity contribution is 0.00919. The van der Waals surface area contributed by atoms with Gasteiger partial charge in [-0.05, 0) is 50.4 Å². The Morgan fingerprint density at radius 1 is 0.695 bits per heavy atom. The Morgan fingerprint density at radius 2 is 1.20 bits per heavy atom. The summed E-state index contributed by atoms with van der Waals surface area (Å²) >= 11 is 0. The van der Waals surface area contributed by atoms with Gasteiger partial charge in [0.2, 0.25) is 10.0 Å². The van der Waals surface area contributed by atoms with Gasteiger partial charge in [0.15, 0.2) is 5.82 Å². The Hall–Kier alpha value is -2.07. The molecule has 5 heterocycles. The van der Waals surface area contributed by atoms with Gasteiger partial charge in [-0.3, -0.25) is 9.69 Å². The van der Waals surface area contributed by atoms with Crippen molar-refractivity contribution in [3.8, 4) is 0 Å². The number of aromatic nitrogens is 2. The number of carbonyl (C=O) groups is 1. The highest BCUT2D eigenvalue weighted by Gasteiger charge is 2.48. The van der Waals surface area contributed by atoms with E-state index in [0.717, 1.165) is 64.2 Å². The van der Waals surface area contributed by atoms with Crippen molar-refractivity contribution >= 4 is 27.6 Å². The van der Waals surface area contributed by atoms with E-state index in [0.29, 0.717) is 45.0 Å². The fraction of sp³-hybridized carbons (Fsp3) is 0.909. The maximum absolute atomic E-state index is 16.6. The lowest BCUT2D eigenvalue weighted by Gasteiger charge is -2.50. The largest absolute Gasteiger partial charge is 0.381 e. The predicted octanol–water partition coefficient (Wildman–Crippen LogP) is 7.13. The third-order valence-electron chi connectivity index (χ3n) is 14.9. The second-order valence-electron chi connectivity index (χ2n) is 18.9. The zero-order valence-corrected chi connectivity index (χ0v) is 36.6. The number of halogens is 2. The monoisotopic (exact) mass is 851 g/mol. The molecule has 3 saturated heterocycles. The van der Waals surface area contributed by atoms with Crippen molar-refractivity contribution in [2.45, 2.75) is 189 Å². The van der Waals surface area contributed by atoms with Crippen LogP contribution in [0.25, 0.3) is 0 Å². The van der Waals surface area contributed by atoms with Crippen LogP contribution in [0.2, 0.25) is 0 Å². The van der Waals surface area contributed by atoms with Crippen LogP contribution in [0.5, 0.6) is 0 Å². The van der Waals surface area contributed by atoms with Crippen LogP contribution in [0.4, 0.5) is 20.4 Å². The summed E-state index contributed by atoms with van der Waals surface area (Å²) in [6.45, 7) is 2.48. The number of hydrogen-bond donors (Lipinski definition) is 4. The van der Waals surface area contributed by atoms with Gasteiger partial charge in [-0.2, -0.15) is 9.40 Å². The van der Waals surface area contributed by atoms with E-state index < -0.39 is 51.6 Å². The van der Waals surface area contributed by atoms with Gasteiger partial charge in [0.1, 0.15) is 23.7 Å². The number of nitrogens with two attached hydrogens (primary N) is 1. The lowest BCUT2D eigenvalue weighted by atomic mass is 9.78. The average Bonchev–Trinajstić information content (AvgIpc) is 3.59. The molecule has 0 spiro atoms. The first-order valence-corrected chi connectivity index (χ1v) is 25.5. The number of nitrogen functional groups attached to an aromatic ring is 1. The summed E-state index contributed by atoms with van der Waals surface area (Å²) in [6, 6.07) is -1.94. The number of piperidine rings is 1. The van der Waals surface area contributed by atoms with Crippen LogP contribution in [-0.2, 0) is 14.8 Å². The Labute approximate surface area is 353 Å². The summed E-state index contributed by atoms with van der Waals surface area (Å²) in [5.41, 5.74) is 6.88. The minimum Gasteiger partial charge on any atom is -0.381 e. The molecule has 6 atom stereocenters. The van der Waals surface area contributed by atoms with Crippen molar-refractivity contribution in [2.75, 3.05) is 63.5 Å². The zero-order valence-electron chi connectivity index (χ0n) is 35.8. The first kappa shape index (κ1) is 45.0. The average molecular weight is 851 g/mol. The first-order valence-electron chi connectivity index (χ1n) is 24.0. The van der Waals surface area contributed by atoms with Crippen LogP contribution in [0.15, 0.2) is 0 Å². The van der Waals surface area contributed by atoms with Gasteiger partial charge in [0.25, 0.3) is 5.91 Å². The number of hydrogen-bond acceptors (Lipinski definition) is 9. The normalized spacial score (nSPS) is 32.1. The van der Waals surface area contributed by atoms with Gasteiger partial charge in [0, 0.05) is 58.5 Å². The summed E-state index contributed by atoms with van der Waals surface area (Å²) in [5.74, 6) is 0.432. The molecular formula is C44H76F2N8O4S. The smallest absolute Gasteiger partial charge is 0.259 e.